The lowest BCUT2D eigenvalue weighted by Gasteiger charge is -2.18. The zero-order valence-corrected chi connectivity index (χ0v) is 6.52. The van der Waals surface area contributed by atoms with Crippen LogP contribution in [0.25, 0.3) is 0 Å². The van der Waals surface area contributed by atoms with Gasteiger partial charge in [0.05, 0.1) is 0 Å². The van der Waals surface area contributed by atoms with E-state index in [1.54, 1.807) is 6.07 Å². The molecule has 1 nitrogen and oxygen atoms in total. The van der Waals surface area contributed by atoms with Crippen molar-refractivity contribution in [2.45, 2.75) is 0 Å². The molecule has 1 aromatic rings. The molecule has 1 aromatic carbocycles. The fourth-order valence-electron chi connectivity index (χ4n) is 1.01. The van der Waals surface area contributed by atoms with E-state index < -0.39 is 12.4 Å². The molecule has 0 aromatic heterocycles. The lowest BCUT2D eigenvalue weighted by Crippen LogP contribution is -2.35. The van der Waals surface area contributed by atoms with Gasteiger partial charge in [-0.2, -0.15) is 0 Å². The molecule has 12 heavy (non-hydrogen) atoms. The molecule has 0 heterocycles. The number of hydrogen-bond donors (Lipinski definition) is 1. The summed E-state index contributed by atoms with van der Waals surface area (Å²) in [5, 5.41) is 2.50. The van der Waals surface area contributed by atoms with Crippen LogP contribution < -0.4 is 10.8 Å². The maximum atomic E-state index is 12.3. The molecule has 0 aliphatic heterocycles. The molecule has 0 amide bonds. The maximum Gasteiger partial charge on any atom is 0.511 e. The predicted molar refractivity (Wildman–Crippen MR) is 44.7 cm³/mol. The van der Waals surface area contributed by atoms with Crippen LogP contribution in [0.1, 0.15) is 0 Å². The lowest BCUT2D eigenvalue weighted by molar-refractivity contribution is 0.501. The van der Waals surface area contributed by atoms with Gasteiger partial charge in [0, 0.05) is 12.7 Å². The second kappa shape index (κ2) is 3.09. The molecular weight excluding hydrogens is 166 g/mol. The molecule has 0 atom stereocenters. The quantitative estimate of drug-likeness (QED) is 0.673. The fourth-order valence-corrected chi connectivity index (χ4v) is 1.01. The number of benzene rings is 1. The highest BCUT2D eigenvalue weighted by Gasteiger charge is 2.27. The van der Waals surface area contributed by atoms with E-state index in [0.29, 0.717) is 0 Å². The summed E-state index contributed by atoms with van der Waals surface area (Å²) in [4.78, 5) is 0. The second-order valence-electron chi connectivity index (χ2n) is 2.41. The molecule has 0 fully saturated rings. The SMILES string of the molecule is CNc1ccccc1[B-](F)(F)F. The molecule has 1 rings (SSSR count). The lowest BCUT2D eigenvalue weighted by atomic mass is 9.79. The minimum absolute atomic E-state index is 0.130. The minimum Gasteiger partial charge on any atom is -0.445 e. The molecule has 0 aliphatic rings. The first-order valence-corrected chi connectivity index (χ1v) is 3.52. The van der Waals surface area contributed by atoms with Crippen molar-refractivity contribution in [2.24, 2.45) is 0 Å². The number of para-hydroxylation sites is 1. The van der Waals surface area contributed by atoms with Gasteiger partial charge in [-0.05, 0) is 6.07 Å². The molecule has 0 radical (unpaired) electrons. The number of nitrogens with one attached hydrogen (secondary N) is 1. The van der Waals surface area contributed by atoms with Crippen molar-refractivity contribution in [2.75, 3.05) is 12.4 Å². The van der Waals surface area contributed by atoms with E-state index in [9.17, 15) is 12.9 Å². The minimum atomic E-state index is -4.90. The van der Waals surface area contributed by atoms with Crippen LogP contribution in [0, 0.1) is 0 Å². The molecule has 0 saturated heterocycles. The van der Waals surface area contributed by atoms with Gasteiger partial charge in [0.1, 0.15) is 0 Å². The Kier molecular flexibility index (Phi) is 2.31. The molecular formula is C7H8BF3N-. The van der Waals surface area contributed by atoms with Crippen molar-refractivity contribution in [3.63, 3.8) is 0 Å². The van der Waals surface area contributed by atoms with Crippen LogP contribution >= 0.6 is 0 Å². The average molecular weight is 174 g/mol. The first-order valence-electron chi connectivity index (χ1n) is 3.52. The van der Waals surface area contributed by atoms with Crippen molar-refractivity contribution >= 4 is 18.1 Å². The van der Waals surface area contributed by atoms with E-state index in [4.69, 9.17) is 0 Å². The highest BCUT2D eigenvalue weighted by Crippen LogP contribution is 2.14. The van der Waals surface area contributed by atoms with Crippen LogP contribution in [0.2, 0.25) is 0 Å². The van der Waals surface area contributed by atoms with Gasteiger partial charge in [-0.3, -0.25) is 0 Å². The normalized spacial score (nSPS) is 11.3. The van der Waals surface area contributed by atoms with E-state index in [2.05, 4.69) is 5.32 Å². The van der Waals surface area contributed by atoms with Gasteiger partial charge in [0.25, 0.3) is 0 Å². The zero-order chi connectivity index (χ0) is 9.19. The van der Waals surface area contributed by atoms with Crippen LogP contribution in [0.5, 0.6) is 0 Å². The number of halogens is 3. The third-order valence-electron chi connectivity index (χ3n) is 1.58. The number of hydrogen-bond acceptors (Lipinski definition) is 1. The topological polar surface area (TPSA) is 12.0 Å². The van der Waals surface area contributed by atoms with Gasteiger partial charge in [-0.25, -0.2) is 0 Å². The van der Waals surface area contributed by atoms with Gasteiger partial charge in [-0.1, -0.05) is 23.7 Å². The first kappa shape index (κ1) is 8.97. The molecule has 1 N–H and O–H groups in total. The summed E-state index contributed by atoms with van der Waals surface area (Å²) in [6.07, 6.45) is 0. The molecule has 0 unspecified atom stereocenters. The Labute approximate surface area is 68.6 Å². The second-order valence-corrected chi connectivity index (χ2v) is 2.41. The van der Waals surface area contributed by atoms with Gasteiger partial charge in [0.15, 0.2) is 0 Å². The van der Waals surface area contributed by atoms with Crippen molar-refractivity contribution in [3.05, 3.63) is 24.3 Å². The Morgan fingerprint density at radius 2 is 1.75 bits per heavy atom. The highest BCUT2D eigenvalue weighted by atomic mass is 19.4. The van der Waals surface area contributed by atoms with E-state index in [0.717, 1.165) is 6.07 Å². The summed E-state index contributed by atoms with van der Waals surface area (Å²) in [5.41, 5.74) is -0.440. The summed E-state index contributed by atoms with van der Waals surface area (Å²) in [7, 11) is 1.47. The summed E-state index contributed by atoms with van der Waals surface area (Å²) in [5.74, 6) is 0. The third kappa shape index (κ3) is 1.72. The first-order chi connectivity index (χ1) is 5.55. The Morgan fingerprint density at radius 3 is 2.17 bits per heavy atom. The summed E-state index contributed by atoms with van der Waals surface area (Å²) in [6, 6.07) is 5.43. The zero-order valence-electron chi connectivity index (χ0n) is 6.52. The Hall–Kier alpha value is -1.13. The summed E-state index contributed by atoms with van der Waals surface area (Å²) < 4.78 is 36.8. The van der Waals surface area contributed by atoms with Crippen molar-refractivity contribution in [1.82, 2.24) is 0 Å². The van der Waals surface area contributed by atoms with Crippen LogP contribution in [-0.2, 0) is 0 Å². The monoisotopic (exact) mass is 174 g/mol. The van der Waals surface area contributed by atoms with Gasteiger partial charge < -0.3 is 18.3 Å². The fraction of sp³-hybridized carbons (Fsp3) is 0.143. The van der Waals surface area contributed by atoms with Crippen molar-refractivity contribution in [1.29, 1.82) is 0 Å². The predicted octanol–water partition coefficient (Wildman–Crippen LogP) is 1.78. The van der Waals surface area contributed by atoms with E-state index in [-0.39, 0.29) is 5.69 Å². The molecule has 66 valence electrons. The number of anilines is 1. The van der Waals surface area contributed by atoms with E-state index in [1.807, 2.05) is 0 Å². The average Bonchev–Trinajstić information content (AvgIpc) is 2.03. The highest BCUT2D eigenvalue weighted by molar-refractivity contribution is 6.75. The molecule has 0 bridgehead atoms. The Bertz CT molecular complexity index is 272. The molecule has 0 saturated carbocycles. The molecule has 5 heteroatoms. The smallest absolute Gasteiger partial charge is 0.445 e. The van der Waals surface area contributed by atoms with Crippen molar-refractivity contribution in [3.8, 4) is 0 Å². The van der Waals surface area contributed by atoms with Crippen molar-refractivity contribution < 1.29 is 12.9 Å². The van der Waals surface area contributed by atoms with Crippen LogP contribution in [0.4, 0.5) is 18.6 Å². The van der Waals surface area contributed by atoms with E-state index >= 15 is 0 Å². The molecule has 0 spiro atoms. The van der Waals surface area contributed by atoms with Crippen LogP contribution in [0.3, 0.4) is 0 Å². The van der Waals surface area contributed by atoms with Gasteiger partial charge >= 0.3 is 6.98 Å². The third-order valence-corrected chi connectivity index (χ3v) is 1.58. The van der Waals surface area contributed by atoms with Crippen LogP contribution in [0.15, 0.2) is 24.3 Å². The molecule has 0 aliphatic carbocycles. The number of rotatable bonds is 2. The maximum absolute atomic E-state index is 12.3. The largest absolute Gasteiger partial charge is 0.511 e. The summed E-state index contributed by atoms with van der Waals surface area (Å²) >= 11 is 0. The Morgan fingerprint density at radius 1 is 1.17 bits per heavy atom. The Balaban J connectivity index is 3.14. The van der Waals surface area contributed by atoms with Crippen LogP contribution in [-0.4, -0.2) is 14.0 Å². The standard InChI is InChI=1S/C7H8BF3N/c1-12-7-5-3-2-4-6(7)8(9,10)11/h2-5,12H,1H3/q-1. The summed E-state index contributed by atoms with van der Waals surface area (Å²) in [6.45, 7) is -4.90. The van der Waals surface area contributed by atoms with Gasteiger partial charge in [-0.15, -0.1) is 0 Å². The van der Waals surface area contributed by atoms with Gasteiger partial charge in [0.2, 0.25) is 0 Å². The van der Waals surface area contributed by atoms with E-state index in [1.165, 1.54) is 19.2 Å².